The summed E-state index contributed by atoms with van der Waals surface area (Å²) < 4.78 is 27.0. The molecule has 1 aromatic rings. The van der Waals surface area contributed by atoms with Crippen LogP contribution in [-0.2, 0) is 6.42 Å². The molecule has 1 nitrogen and oxygen atoms in total. The molecule has 0 radical (unpaired) electrons. The molecule has 0 aliphatic rings. The summed E-state index contributed by atoms with van der Waals surface area (Å²) in [5.41, 5.74) is 0.730. The minimum Gasteiger partial charge on any atom is -0.316 e. The van der Waals surface area contributed by atoms with Gasteiger partial charge in [-0.1, -0.05) is 19.9 Å². The van der Waals surface area contributed by atoms with Gasteiger partial charge in [0.1, 0.15) is 11.6 Å². The highest BCUT2D eigenvalue weighted by molar-refractivity contribution is 5.26. The average molecular weight is 241 g/mol. The Kier molecular flexibility index (Phi) is 5.56. The topological polar surface area (TPSA) is 12.0 Å². The largest absolute Gasteiger partial charge is 0.316 e. The van der Waals surface area contributed by atoms with E-state index in [1.807, 2.05) is 0 Å². The van der Waals surface area contributed by atoms with Gasteiger partial charge in [-0.05, 0) is 50.4 Å². The average Bonchev–Trinajstić information content (AvgIpc) is 2.27. The highest BCUT2D eigenvalue weighted by atomic mass is 19.1. The molecule has 1 rings (SSSR count). The monoisotopic (exact) mass is 241 g/mol. The summed E-state index contributed by atoms with van der Waals surface area (Å²) in [5, 5.41) is 3.26. The summed E-state index contributed by atoms with van der Waals surface area (Å²) in [6.07, 6.45) is 1.20. The molecule has 0 unspecified atom stereocenters. The third kappa shape index (κ3) is 4.43. The molecule has 3 heteroatoms. The molecular weight excluding hydrogens is 220 g/mol. The molecule has 0 aliphatic heterocycles. The van der Waals surface area contributed by atoms with E-state index in [0.717, 1.165) is 19.5 Å². The summed E-state index contributed by atoms with van der Waals surface area (Å²) in [7, 11) is 0. The molecule has 0 heterocycles. The van der Waals surface area contributed by atoms with Crippen molar-refractivity contribution in [3.63, 3.8) is 0 Å². The van der Waals surface area contributed by atoms with E-state index >= 15 is 0 Å². The van der Waals surface area contributed by atoms with Crippen LogP contribution < -0.4 is 5.32 Å². The minimum absolute atomic E-state index is 0.219. The summed E-state index contributed by atoms with van der Waals surface area (Å²) in [4.78, 5) is 0. The fraction of sp³-hybridized carbons (Fsp3) is 0.571. The molecule has 1 aromatic carbocycles. The lowest BCUT2D eigenvalue weighted by Gasteiger charge is -2.09. The second-order valence-electron chi connectivity index (χ2n) is 4.86. The zero-order valence-corrected chi connectivity index (χ0v) is 10.8. The van der Waals surface area contributed by atoms with Crippen LogP contribution in [0.3, 0.4) is 0 Å². The summed E-state index contributed by atoms with van der Waals surface area (Å²) in [6.45, 7) is 7.67. The number of halogens is 2. The van der Waals surface area contributed by atoms with E-state index in [2.05, 4.69) is 19.2 Å². The summed E-state index contributed by atoms with van der Waals surface area (Å²) in [6, 6.07) is 2.82. The van der Waals surface area contributed by atoms with Gasteiger partial charge >= 0.3 is 0 Å². The molecule has 0 fully saturated rings. The standard InChI is InChI=1S/C14H21F2N/c1-10(2)9-17-8-4-5-12-13(15)7-6-11(3)14(12)16/h6-7,10,17H,4-5,8-9H2,1-3H3. The van der Waals surface area contributed by atoms with Crippen LogP contribution in [-0.4, -0.2) is 13.1 Å². The molecule has 1 N–H and O–H groups in total. The third-order valence-electron chi connectivity index (χ3n) is 2.71. The normalized spacial score (nSPS) is 11.2. The SMILES string of the molecule is Cc1ccc(F)c(CCCNCC(C)C)c1F. The van der Waals surface area contributed by atoms with E-state index in [1.54, 1.807) is 6.92 Å². The Labute approximate surface area is 102 Å². The van der Waals surface area contributed by atoms with Gasteiger partial charge in [-0.3, -0.25) is 0 Å². The maximum absolute atomic E-state index is 13.6. The summed E-state index contributed by atoms with van der Waals surface area (Å²) in [5.74, 6) is -0.228. The van der Waals surface area contributed by atoms with E-state index < -0.39 is 11.6 Å². The van der Waals surface area contributed by atoms with Crippen molar-refractivity contribution < 1.29 is 8.78 Å². The van der Waals surface area contributed by atoms with Crippen LogP contribution in [0.4, 0.5) is 8.78 Å². The predicted molar refractivity (Wildman–Crippen MR) is 67.1 cm³/mol. The molecule has 0 atom stereocenters. The maximum atomic E-state index is 13.6. The van der Waals surface area contributed by atoms with E-state index in [1.165, 1.54) is 12.1 Å². The zero-order chi connectivity index (χ0) is 12.8. The quantitative estimate of drug-likeness (QED) is 0.752. The molecule has 96 valence electrons. The lowest BCUT2D eigenvalue weighted by atomic mass is 10.1. The van der Waals surface area contributed by atoms with E-state index in [0.29, 0.717) is 17.9 Å². The summed E-state index contributed by atoms with van der Waals surface area (Å²) >= 11 is 0. The fourth-order valence-electron chi connectivity index (χ4n) is 1.72. The van der Waals surface area contributed by atoms with Gasteiger partial charge in [-0.15, -0.1) is 0 Å². The number of hydrogen-bond donors (Lipinski definition) is 1. The molecule has 0 aliphatic carbocycles. The van der Waals surface area contributed by atoms with Crippen molar-refractivity contribution in [3.8, 4) is 0 Å². The van der Waals surface area contributed by atoms with Crippen molar-refractivity contribution in [2.24, 2.45) is 5.92 Å². The van der Waals surface area contributed by atoms with Crippen molar-refractivity contribution in [1.29, 1.82) is 0 Å². The van der Waals surface area contributed by atoms with Crippen LogP contribution in [0.25, 0.3) is 0 Å². The van der Waals surface area contributed by atoms with Gasteiger partial charge in [0.15, 0.2) is 0 Å². The first-order valence-corrected chi connectivity index (χ1v) is 6.16. The first-order valence-electron chi connectivity index (χ1n) is 6.16. The smallest absolute Gasteiger partial charge is 0.132 e. The van der Waals surface area contributed by atoms with Gasteiger partial charge in [0.05, 0.1) is 0 Å². The number of hydrogen-bond acceptors (Lipinski definition) is 1. The van der Waals surface area contributed by atoms with Gasteiger partial charge in [-0.25, -0.2) is 8.78 Å². The highest BCUT2D eigenvalue weighted by Crippen LogP contribution is 2.17. The van der Waals surface area contributed by atoms with Gasteiger partial charge < -0.3 is 5.32 Å². The first kappa shape index (κ1) is 14.1. The predicted octanol–water partition coefficient (Wildman–Crippen LogP) is 3.45. The second kappa shape index (κ2) is 6.70. The first-order chi connectivity index (χ1) is 8.02. The Balaban J connectivity index is 2.44. The van der Waals surface area contributed by atoms with Crippen LogP contribution in [0.1, 0.15) is 31.4 Å². The van der Waals surface area contributed by atoms with Crippen molar-refractivity contribution in [1.82, 2.24) is 5.32 Å². The van der Waals surface area contributed by atoms with E-state index in [4.69, 9.17) is 0 Å². The van der Waals surface area contributed by atoms with Gasteiger partial charge in [0, 0.05) is 5.56 Å². The Morgan fingerprint density at radius 2 is 1.94 bits per heavy atom. The van der Waals surface area contributed by atoms with E-state index in [-0.39, 0.29) is 5.56 Å². The lowest BCUT2D eigenvalue weighted by Crippen LogP contribution is -2.21. The fourth-order valence-corrected chi connectivity index (χ4v) is 1.72. The second-order valence-corrected chi connectivity index (χ2v) is 4.86. The molecular formula is C14H21F2N. The van der Waals surface area contributed by atoms with Crippen molar-refractivity contribution in [3.05, 3.63) is 34.9 Å². The molecule has 0 amide bonds. The van der Waals surface area contributed by atoms with E-state index in [9.17, 15) is 8.78 Å². The Morgan fingerprint density at radius 1 is 1.24 bits per heavy atom. The molecule has 0 saturated heterocycles. The van der Waals surface area contributed by atoms with Crippen molar-refractivity contribution in [2.75, 3.05) is 13.1 Å². The number of nitrogens with one attached hydrogen (secondary N) is 1. The van der Waals surface area contributed by atoms with Gasteiger partial charge in [0.2, 0.25) is 0 Å². The Bertz CT molecular complexity index is 361. The van der Waals surface area contributed by atoms with Crippen molar-refractivity contribution >= 4 is 0 Å². The van der Waals surface area contributed by atoms with Gasteiger partial charge in [0.25, 0.3) is 0 Å². The van der Waals surface area contributed by atoms with Crippen LogP contribution in [0, 0.1) is 24.5 Å². The number of rotatable bonds is 6. The van der Waals surface area contributed by atoms with Crippen LogP contribution in [0.2, 0.25) is 0 Å². The third-order valence-corrected chi connectivity index (χ3v) is 2.71. The van der Waals surface area contributed by atoms with Crippen LogP contribution >= 0.6 is 0 Å². The van der Waals surface area contributed by atoms with Gasteiger partial charge in [-0.2, -0.15) is 0 Å². The molecule has 0 bridgehead atoms. The van der Waals surface area contributed by atoms with Crippen molar-refractivity contribution in [2.45, 2.75) is 33.6 Å². The Hall–Kier alpha value is -0.960. The molecule has 0 spiro atoms. The zero-order valence-electron chi connectivity index (χ0n) is 10.8. The minimum atomic E-state index is -0.433. The van der Waals surface area contributed by atoms with Crippen LogP contribution in [0.5, 0.6) is 0 Å². The molecule has 17 heavy (non-hydrogen) atoms. The lowest BCUT2D eigenvalue weighted by molar-refractivity contribution is 0.521. The molecule has 0 saturated carbocycles. The maximum Gasteiger partial charge on any atom is 0.132 e. The van der Waals surface area contributed by atoms with Crippen LogP contribution in [0.15, 0.2) is 12.1 Å². The Morgan fingerprint density at radius 3 is 2.59 bits per heavy atom. The highest BCUT2D eigenvalue weighted by Gasteiger charge is 2.10. The number of benzene rings is 1. The number of aryl methyl sites for hydroxylation is 1. The molecule has 0 aromatic heterocycles.